The van der Waals surface area contributed by atoms with E-state index in [9.17, 15) is 9.59 Å². The molecule has 0 unspecified atom stereocenters. The number of anilines is 2. The first kappa shape index (κ1) is 18.4. The lowest BCUT2D eigenvalue weighted by Crippen LogP contribution is -2.43. The zero-order valence-electron chi connectivity index (χ0n) is 16.0. The zero-order valence-corrected chi connectivity index (χ0v) is 16.0. The molecular weight excluding hydrogens is 354 g/mol. The smallest absolute Gasteiger partial charge is 0.228 e. The molecule has 146 valence electrons. The van der Waals surface area contributed by atoms with Crippen molar-refractivity contribution < 1.29 is 9.59 Å². The average Bonchev–Trinajstić information content (AvgIpc) is 3.10. The van der Waals surface area contributed by atoms with Gasteiger partial charge in [0.25, 0.3) is 0 Å². The van der Waals surface area contributed by atoms with Crippen molar-refractivity contribution in [1.82, 2.24) is 14.9 Å². The van der Waals surface area contributed by atoms with Gasteiger partial charge in [-0.25, -0.2) is 9.97 Å². The van der Waals surface area contributed by atoms with Gasteiger partial charge in [-0.1, -0.05) is 17.7 Å². The van der Waals surface area contributed by atoms with Gasteiger partial charge in [-0.05, 0) is 38.0 Å². The number of aryl methyl sites for hydroxylation is 1. The molecule has 3 heterocycles. The van der Waals surface area contributed by atoms with Crippen molar-refractivity contribution in [1.29, 1.82) is 0 Å². The minimum atomic E-state index is -0.289. The van der Waals surface area contributed by atoms with E-state index < -0.39 is 0 Å². The Morgan fingerprint density at radius 1 is 1.18 bits per heavy atom. The number of nitrogens with two attached hydrogens (primary N) is 1. The maximum atomic E-state index is 13.1. The maximum absolute atomic E-state index is 13.1. The fourth-order valence-electron chi connectivity index (χ4n) is 4.14. The van der Waals surface area contributed by atoms with E-state index in [1.54, 1.807) is 11.1 Å². The Morgan fingerprint density at radius 3 is 2.71 bits per heavy atom. The molecule has 2 aliphatic heterocycles. The molecule has 7 heteroatoms. The Labute approximate surface area is 164 Å². The second kappa shape index (κ2) is 7.58. The Morgan fingerprint density at radius 2 is 1.96 bits per heavy atom. The van der Waals surface area contributed by atoms with Gasteiger partial charge < -0.3 is 15.5 Å². The Balaban J connectivity index is 1.44. The number of hydrogen-bond donors (Lipinski definition) is 1. The molecular formula is C21H25N5O2. The quantitative estimate of drug-likeness (QED) is 0.882. The third-order valence-corrected chi connectivity index (χ3v) is 5.67. The van der Waals surface area contributed by atoms with Crippen LogP contribution in [0.4, 0.5) is 11.6 Å². The third kappa shape index (κ3) is 3.69. The van der Waals surface area contributed by atoms with Crippen LogP contribution in [0.3, 0.4) is 0 Å². The fourth-order valence-corrected chi connectivity index (χ4v) is 4.14. The molecule has 0 aliphatic carbocycles. The molecule has 1 aromatic carbocycles. The number of benzene rings is 1. The first-order valence-electron chi connectivity index (χ1n) is 9.75. The van der Waals surface area contributed by atoms with Crippen LogP contribution in [0.5, 0.6) is 0 Å². The molecule has 0 radical (unpaired) electrons. The molecule has 4 rings (SSSR count). The van der Waals surface area contributed by atoms with Crippen molar-refractivity contribution in [2.45, 2.75) is 32.1 Å². The standard InChI is InChI=1S/C21H25N5O2/c1-14-4-6-17(7-5-14)26-13-16(11-19(26)27)20(28)25-10-2-3-15(12-25)18-8-9-23-21(22)24-18/h4-9,15-16H,2-3,10-13H2,1H3,(H2,22,23,24)/t15-,16-/m1/s1. The lowest BCUT2D eigenvalue weighted by atomic mass is 9.93. The van der Waals surface area contributed by atoms with Gasteiger partial charge >= 0.3 is 0 Å². The summed E-state index contributed by atoms with van der Waals surface area (Å²) in [6, 6.07) is 9.72. The SMILES string of the molecule is Cc1ccc(N2C[C@H](C(=O)N3CCC[C@@H](c4ccnc(N)n4)C3)CC2=O)cc1. The first-order chi connectivity index (χ1) is 13.5. The van der Waals surface area contributed by atoms with Crippen LogP contribution in [0.25, 0.3) is 0 Å². The number of likely N-dealkylation sites (tertiary alicyclic amines) is 1. The van der Waals surface area contributed by atoms with Crippen LogP contribution >= 0.6 is 0 Å². The monoisotopic (exact) mass is 379 g/mol. The molecule has 28 heavy (non-hydrogen) atoms. The van der Waals surface area contributed by atoms with Gasteiger partial charge in [0.05, 0.1) is 11.6 Å². The van der Waals surface area contributed by atoms with Gasteiger partial charge in [0.1, 0.15) is 0 Å². The summed E-state index contributed by atoms with van der Waals surface area (Å²) in [5.41, 5.74) is 8.60. The van der Waals surface area contributed by atoms with Crippen molar-refractivity contribution >= 4 is 23.5 Å². The zero-order chi connectivity index (χ0) is 19.7. The second-order valence-electron chi connectivity index (χ2n) is 7.70. The molecule has 2 aliphatic rings. The highest BCUT2D eigenvalue weighted by atomic mass is 16.2. The molecule has 7 nitrogen and oxygen atoms in total. The van der Waals surface area contributed by atoms with Gasteiger partial charge in [-0.3, -0.25) is 9.59 Å². The number of amides is 2. The van der Waals surface area contributed by atoms with Crippen molar-refractivity contribution in [3.8, 4) is 0 Å². The third-order valence-electron chi connectivity index (χ3n) is 5.67. The lowest BCUT2D eigenvalue weighted by molar-refractivity contribution is -0.137. The number of carbonyl (C=O) groups excluding carboxylic acids is 2. The first-order valence-corrected chi connectivity index (χ1v) is 9.75. The van der Waals surface area contributed by atoms with Gasteiger partial charge in [0, 0.05) is 43.9 Å². The normalized spacial score (nSPS) is 22.5. The van der Waals surface area contributed by atoms with Gasteiger partial charge in [0.15, 0.2) is 0 Å². The molecule has 0 spiro atoms. The molecule has 2 fully saturated rings. The van der Waals surface area contributed by atoms with Crippen LogP contribution < -0.4 is 10.6 Å². The largest absolute Gasteiger partial charge is 0.368 e. The number of nitrogen functional groups attached to an aromatic ring is 1. The summed E-state index contributed by atoms with van der Waals surface area (Å²) < 4.78 is 0. The van der Waals surface area contributed by atoms with Crippen LogP contribution in [0.15, 0.2) is 36.5 Å². The summed E-state index contributed by atoms with van der Waals surface area (Å²) in [7, 11) is 0. The van der Waals surface area contributed by atoms with Gasteiger partial charge in [0.2, 0.25) is 17.8 Å². The molecule has 0 bridgehead atoms. The minimum absolute atomic E-state index is 0.0133. The van der Waals surface area contributed by atoms with Crippen LogP contribution in [0, 0.1) is 12.8 Å². The van der Waals surface area contributed by atoms with Crippen molar-refractivity contribution in [3.05, 3.63) is 47.8 Å². The topological polar surface area (TPSA) is 92.4 Å². The molecule has 2 atom stereocenters. The van der Waals surface area contributed by atoms with Crippen molar-refractivity contribution in [2.75, 3.05) is 30.3 Å². The van der Waals surface area contributed by atoms with E-state index in [-0.39, 0.29) is 36.0 Å². The van der Waals surface area contributed by atoms with Gasteiger partial charge in [-0.15, -0.1) is 0 Å². The molecule has 2 aromatic rings. The van der Waals surface area contributed by atoms with E-state index in [1.807, 2.05) is 42.2 Å². The van der Waals surface area contributed by atoms with Gasteiger partial charge in [-0.2, -0.15) is 0 Å². The highest BCUT2D eigenvalue weighted by molar-refractivity contribution is 6.00. The molecule has 2 N–H and O–H groups in total. The summed E-state index contributed by atoms with van der Waals surface area (Å²) >= 11 is 0. The fraction of sp³-hybridized carbons (Fsp3) is 0.429. The highest BCUT2D eigenvalue weighted by Gasteiger charge is 2.38. The number of hydrogen-bond acceptors (Lipinski definition) is 5. The van der Waals surface area contributed by atoms with Crippen LogP contribution in [-0.4, -0.2) is 46.3 Å². The summed E-state index contributed by atoms with van der Waals surface area (Å²) in [6.45, 7) is 3.80. The average molecular weight is 379 g/mol. The van der Waals surface area contributed by atoms with Crippen LogP contribution in [0.2, 0.25) is 0 Å². The number of rotatable bonds is 3. The van der Waals surface area contributed by atoms with E-state index >= 15 is 0 Å². The summed E-state index contributed by atoms with van der Waals surface area (Å²) in [5.74, 6) is 0.210. The molecule has 1 aromatic heterocycles. The van der Waals surface area contributed by atoms with E-state index in [0.29, 0.717) is 13.1 Å². The summed E-state index contributed by atoms with van der Waals surface area (Å²) in [6.07, 6.45) is 3.82. The Kier molecular flexibility index (Phi) is 4.98. The van der Waals surface area contributed by atoms with E-state index in [4.69, 9.17) is 5.73 Å². The number of nitrogens with zero attached hydrogens (tertiary/aromatic N) is 4. The van der Waals surface area contributed by atoms with E-state index in [2.05, 4.69) is 9.97 Å². The van der Waals surface area contributed by atoms with Crippen LogP contribution in [-0.2, 0) is 9.59 Å². The van der Waals surface area contributed by atoms with E-state index in [1.165, 1.54) is 0 Å². The van der Waals surface area contributed by atoms with Crippen LogP contribution in [0.1, 0.15) is 36.4 Å². The number of aromatic nitrogens is 2. The summed E-state index contributed by atoms with van der Waals surface area (Å²) in [5, 5.41) is 0. The molecule has 0 saturated carbocycles. The summed E-state index contributed by atoms with van der Waals surface area (Å²) in [4.78, 5) is 37.5. The Bertz CT molecular complexity index is 883. The lowest BCUT2D eigenvalue weighted by Gasteiger charge is -2.34. The Hall–Kier alpha value is -2.96. The number of carbonyl (C=O) groups is 2. The minimum Gasteiger partial charge on any atom is -0.368 e. The van der Waals surface area contributed by atoms with Crippen molar-refractivity contribution in [2.24, 2.45) is 5.92 Å². The predicted octanol–water partition coefficient (Wildman–Crippen LogP) is 2.13. The second-order valence-corrected chi connectivity index (χ2v) is 7.70. The highest BCUT2D eigenvalue weighted by Crippen LogP contribution is 2.30. The predicted molar refractivity (Wildman–Crippen MR) is 107 cm³/mol. The molecule has 2 saturated heterocycles. The van der Waals surface area contributed by atoms with E-state index in [0.717, 1.165) is 36.3 Å². The molecule has 2 amide bonds. The van der Waals surface area contributed by atoms with Crippen molar-refractivity contribution in [3.63, 3.8) is 0 Å². The number of piperidine rings is 1. The maximum Gasteiger partial charge on any atom is 0.228 e.